The van der Waals surface area contributed by atoms with Gasteiger partial charge in [0.25, 0.3) is 0 Å². The van der Waals surface area contributed by atoms with Crippen LogP contribution in [0.3, 0.4) is 0 Å². The Kier molecular flexibility index (Phi) is 13.9. The van der Waals surface area contributed by atoms with E-state index in [-0.39, 0.29) is 31.1 Å². The Bertz CT molecular complexity index is 1950. The maximum Gasteiger partial charge on any atom is 0.315 e. The lowest BCUT2D eigenvalue weighted by molar-refractivity contribution is -0.328. The number of hydrogen-bond acceptors (Lipinski definition) is 19. The number of rotatable bonds is 11. The lowest BCUT2D eigenvalue weighted by Crippen LogP contribution is -2.69. The maximum absolute atomic E-state index is 15.0. The summed E-state index contributed by atoms with van der Waals surface area (Å²) in [6.45, 7) is 8.00. The second-order valence-electron chi connectivity index (χ2n) is 22.6. The van der Waals surface area contributed by atoms with Gasteiger partial charge in [-0.15, -0.1) is 0 Å². The molecule has 0 aromatic rings. The fourth-order valence-electron chi connectivity index (χ4n) is 14.6. The second kappa shape index (κ2) is 18.2. The monoisotopic (exact) mass is 972 g/mol. The predicted octanol–water partition coefficient (Wildman–Crippen LogP) is -1.09. The summed E-state index contributed by atoms with van der Waals surface area (Å²) in [5, 5.41) is 127. The molecule has 4 saturated carbocycles. The molecule has 0 bridgehead atoms. The van der Waals surface area contributed by atoms with E-state index in [0.29, 0.717) is 38.5 Å². The number of hydrogen-bond donors (Lipinski definition) is 12. The van der Waals surface area contributed by atoms with Crippen LogP contribution in [0.4, 0.5) is 0 Å². The van der Waals surface area contributed by atoms with Gasteiger partial charge in [0.1, 0.15) is 67.1 Å². The summed E-state index contributed by atoms with van der Waals surface area (Å²) in [5.41, 5.74) is -5.10. The van der Waals surface area contributed by atoms with Crippen molar-refractivity contribution in [2.45, 2.75) is 191 Å². The minimum Gasteiger partial charge on any atom is -0.481 e. The number of carboxylic acid groups (broad SMARTS) is 2. The molecular formula is C47H72O21. The molecule has 0 aromatic heterocycles. The largest absolute Gasteiger partial charge is 0.481 e. The van der Waals surface area contributed by atoms with Gasteiger partial charge in [-0.1, -0.05) is 39.3 Å². The van der Waals surface area contributed by atoms with Crippen molar-refractivity contribution in [3.05, 3.63) is 11.6 Å². The minimum absolute atomic E-state index is 0.00868. The van der Waals surface area contributed by atoms with Crippen LogP contribution < -0.4 is 0 Å². The maximum atomic E-state index is 15.0. The standard InChI is InChI=1S/C47H72O21/c1-42(2)12-14-46(41(62)68-38-35(57)32(54)30(52)24(66-38)19-63-36-34(56)31(53)28(50)22(17-48)64-36)15-13-43(3)20(21(46)16-42)6-7-25-44(43,4)10-8-26-45(5,39(58)59)27(9-11-47(25,26)40(60)61)67-37-33(55)29(51)23(18-49)65-37/h6,21-38,48-57H,7-19H2,1-5H3,(H,58,59)(H,60,61)/t21-,22+,23-,24+,25-,26-,27-,28+,29-,30+,31-,32-,33+,34+,35+,36+,37-,38-,43+,44+,45-,46-,47-/m0/s1. The van der Waals surface area contributed by atoms with Gasteiger partial charge >= 0.3 is 17.9 Å². The summed E-state index contributed by atoms with van der Waals surface area (Å²) in [7, 11) is 0. The Hall–Kier alpha value is -2.45. The third-order valence-corrected chi connectivity index (χ3v) is 19.0. The molecule has 3 saturated heterocycles. The average Bonchev–Trinajstić information content (AvgIpc) is 3.56. The fraction of sp³-hybridized carbons (Fsp3) is 0.894. The van der Waals surface area contributed by atoms with Gasteiger partial charge in [0, 0.05) is 0 Å². The highest BCUT2D eigenvalue weighted by atomic mass is 16.7. The van der Waals surface area contributed by atoms with E-state index in [1.54, 1.807) is 0 Å². The summed E-state index contributed by atoms with van der Waals surface area (Å²) in [5.74, 6) is -4.96. The smallest absolute Gasteiger partial charge is 0.315 e. The van der Waals surface area contributed by atoms with E-state index in [4.69, 9.17) is 28.4 Å². The van der Waals surface area contributed by atoms with Crippen LogP contribution in [-0.4, -0.2) is 191 Å². The number of esters is 1. The van der Waals surface area contributed by atoms with Crippen LogP contribution in [0.1, 0.15) is 98.8 Å². The fourth-order valence-corrected chi connectivity index (χ4v) is 14.6. The van der Waals surface area contributed by atoms with Crippen LogP contribution in [0.2, 0.25) is 0 Å². The number of fused-ring (bicyclic) bond motifs is 7. The summed E-state index contributed by atoms with van der Waals surface area (Å²) < 4.78 is 34.7. The molecule has 23 atom stereocenters. The van der Waals surface area contributed by atoms with Crippen molar-refractivity contribution in [2.24, 2.45) is 50.2 Å². The number of allylic oxidation sites excluding steroid dienone is 2. The molecule has 0 amide bonds. The Morgan fingerprint density at radius 3 is 1.81 bits per heavy atom. The third kappa shape index (κ3) is 7.71. The van der Waals surface area contributed by atoms with E-state index in [1.165, 1.54) is 6.92 Å². The van der Waals surface area contributed by atoms with Crippen molar-refractivity contribution in [3.63, 3.8) is 0 Å². The highest BCUT2D eigenvalue weighted by molar-refractivity contribution is 5.82. The molecule has 0 unspecified atom stereocenters. The quantitative estimate of drug-likeness (QED) is 0.0864. The Morgan fingerprint density at radius 2 is 1.19 bits per heavy atom. The molecule has 0 aromatic carbocycles. The second-order valence-corrected chi connectivity index (χ2v) is 22.6. The summed E-state index contributed by atoms with van der Waals surface area (Å²) in [4.78, 5) is 42.6. The molecule has 5 aliphatic carbocycles. The molecule has 7 fully saturated rings. The number of aliphatic carboxylic acids is 2. The first-order valence-corrected chi connectivity index (χ1v) is 24.1. The van der Waals surface area contributed by atoms with Gasteiger partial charge in [0.2, 0.25) is 6.29 Å². The molecule has 8 aliphatic rings. The Labute approximate surface area is 393 Å². The number of aliphatic hydroxyl groups excluding tert-OH is 10. The minimum atomic E-state index is -1.89. The van der Waals surface area contributed by atoms with Crippen LogP contribution in [0, 0.1) is 50.2 Å². The van der Waals surface area contributed by atoms with E-state index in [2.05, 4.69) is 33.8 Å². The molecule has 386 valence electrons. The molecule has 68 heavy (non-hydrogen) atoms. The van der Waals surface area contributed by atoms with Gasteiger partial charge in [0.05, 0.1) is 42.2 Å². The number of aliphatic hydroxyl groups is 10. The lowest BCUT2D eigenvalue weighted by Gasteiger charge is -2.70. The molecule has 0 spiro atoms. The highest BCUT2D eigenvalue weighted by Gasteiger charge is 2.75. The van der Waals surface area contributed by atoms with Crippen LogP contribution in [-0.2, 0) is 42.8 Å². The first kappa shape index (κ1) is 51.9. The van der Waals surface area contributed by atoms with Crippen molar-refractivity contribution in [3.8, 4) is 0 Å². The van der Waals surface area contributed by atoms with Crippen molar-refractivity contribution in [2.75, 3.05) is 19.8 Å². The molecule has 12 N–H and O–H groups in total. The van der Waals surface area contributed by atoms with Gasteiger partial charge in [0.15, 0.2) is 12.6 Å². The highest BCUT2D eigenvalue weighted by Crippen LogP contribution is 2.76. The normalized spacial score (nSPS) is 52.1. The SMILES string of the molecule is CC1(C)CC[C@]2(C(=O)O[C@@H]3O[C@H](CO[C@@H]4O[C@H](CO)[C@@H](O)[C@H](O)[C@H]4O)[C@@H](O)[C@H](O)[C@H]3O)CC[C@]3(C)C(=CC[C@@H]4[C@@]5(C(=O)O)CC[C@H](O[C@@H]6O[C@@H](CO)[C@H](O)[C@H]6O)[C@@](C)(C(=O)O)[C@@H]5CC[C@]43C)[C@@H]2C1. The van der Waals surface area contributed by atoms with Crippen LogP contribution in [0.25, 0.3) is 0 Å². The summed E-state index contributed by atoms with van der Waals surface area (Å²) in [6.07, 6.45) is -18.3. The average molecular weight is 973 g/mol. The molecule has 21 nitrogen and oxygen atoms in total. The first-order chi connectivity index (χ1) is 31.8. The number of carbonyl (C=O) groups excluding carboxylic acids is 1. The van der Waals surface area contributed by atoms with E-state index in [9.17, 15) is 75.7 Å². The summed E-state index contributed by atoms with van der Waals surface area (Å²) in [6, 6.07) is 0. The van der Waals surface area contributed by atoms with E-state index in [0.717, 1.165) is 5.57 Å². The molecule has 21 heteroatoms. The van der Waals surface area contributed by atoms with Crippen LogP contribution in [0.15, 0.2) is 11.6 Å². The lowest BCUT2D eigenvalue weighted by atomic mass is 9.33. The molecular weight excluding hydrogens is 900 g/mol. The molecule has 3 aliphatic heterocycles. The third-order valence-electron chi connectivity index (χ3n) is 19.0. The van der Waals surface area contributed by atoms with E-state index >= 15 is 0 Å². The molecule has 8 rings (SSSR count). The van der Waals surface area contributed by atoms with Crippen molar-refractivity contribution >= 4 is 17.9 Å². The van der Waals surface area contributed by atoms with E-state index < -0.39 is 175 Å². The van der Waals surface area contributed by atoms with E-state index in [1.807, 2.05) is 0 Å². The van der Waals surface area contributed by atoms with Crippen LogP contribution in [0.5, 0.6) is 0 Å². The van der Waals surface area contributed by atoms with Gasteiger partial charge in [-0.25, -0.2) is 0 Å². The van der Waals surface area contributed by atoms with Gasteiger partial charge < -0.3 is 89.7 Å². The Balaban J connectivity index is 1.06. The molecule has 0 radical (unpaired) electrons. The topological polar surface area (TPSA) is 349 Å². The summed E-state index contributed by atoms with van der Waals surface area (Å²) >= 11 is 0. The molecule has 3 heterocycles. The first-order valence-electron chi connectivity index (χ1n) is 24.1. The zero-order valence-corrected chi connectivity index (χ0v) is 39.2. The zero-order chi connectivity index (χ0) is 49.8. The number of carboxylic acids is 2. The number of carbonyl (C=O) groups is 3. The van der Waals surface area contributed by atoms with Gasteiger partial charge in [-0.2, -0.15) is 0 Å². The Morgan fingerprint density at radius 1 is 0.632 bits per heavy atom. The zero-order valence-electron chi connectivity index (χ0n) is 39.2. The number of ether oxygens (including phenoxy) is 6. The van der Waals surface area contributed by atoms with Crippen molar-refractivity contribution in [1.82, 2.24) is 0 Å². The van der Waals surface area contributed by atoms with Crippen LogP contribution >= 0.6 is 0 Å². The van der Waals surface area contributed by atoms with Crippen molar-refractivity contribution in [1.29, 1.82) is 0 Å². The van der Waals surface area contributed by atoms with Gasteiger partial charge in [-0.3, -0.25) is 14.4 Å². The predicted molar refractivity (Wildman–Crippen MR) is 228 cm³/mol. The van der Waals surface area contributed by atoms with Gasteiger partial charge in [-0.05, 0) is 105 Å². The van der Waals surface area contributed by atoms with Crippen molar-refractivity contribution < 1.29 is 104 Å².